The molecule has 0 radical (unpaired) electrons. The smallest absolute Gasteiger partial charge is 0.126 e. The zero-order valence-corrected chi connectivity index (χ0v) is 11.4. The van der Waals surface area contributed by atoms with Crippen LogP contribution >= 0.6 is 0 Å². The average Bonchev–Trinajstić information content (AvgIpc) is 2.44. The van der Waals surface area contributed by atoms with Gasteiger partial charge in [-0.15, -0.1) is 0 Å². The molecule has 106 valence electrons. The normalized spacial score (nSPS) is 18.2. The zero-order valence-electron chi connectivity index (χ0n) is 11.4. The van der Waals surface area contributed by atoms with E-state index in [1.807, 2.05) is 0 Å². The lowest BCUT2D eigenvalue weighted by Crippen LogP contribution is -2.43. The minimum atomic E-state index is -0.258. The lowest BCUT2D eigenvalue weighted by molar-refractivity contribution is 0.109. The molecule has 1 fully saturated rings. The Morgan fingerprint density at radius 1 is 1.26 bits per heavy atom. The second-order valence-electron chi connectivity index (χ2n) is 5.10. The SMILES string of the molecule is NCCC(COc1cccc(F)c1)N1CCCCC1. The molecule has 1 heterocycles. The number of piperidine rings is 1. The number of ether oxygens (including phenoxy) is 1. The van der Waals surface area contributed by atoms with Crippen molar-refractivity contribution in [2.45, 2.75) is 31.7 Å². The predicted octanol–water partition coefficient (Wildman–Crippen LogP) is 2.41. The van der Waals surface area contributed by atoms with Crippen molar-refractivity contribution >= 4 is 0 Å². The highest BCUT2D eigenvalue weighted by Crippen LogP contribution is 2.17. The summed E-state index contributed by atoms with van der Waals surface area (Å²) in [5.41, 5.74) is 5.69. The Labute approximate surface area is 114 Å². The molecule has 4 heteroatoms. The van der Waals surface area contributed by atoms with E-state index in [9.17, 15) is 4.39 Å². The van der Waals surface area contributed by atoms with Crippen LogP contribution in [0.4, 0.5) is 4.39 Å². The third kappa shape index (κ3) is 4.48. The van der Waals surface area contributed by atoms with E-state index in [4.69, 9.17) is 10.5 Å². The van der Waals surface area contributed by atoms with Crippen LogP contribution < -0.4 is 10.5 Å². The molecule has 1 saturated heterocycles. The number of hydrogen-bond acceptors (Lipinski definition) is 3. The molecule has 1 aromatic rings. The third-order valence-corrected chi connectivity index (χ3v) is 3.65. The molecule has 0 spiro atoms. The molecule has 1 unspecified atom stereocenters. The van der Waals surface area contributed by atoms with Crippen LogP contribution in [0.3, 0.4) is 0 Å². The molecule has 0 aliphatic carbocycles. The highest BCUT2D eigenvalue weighted by Gasteiger charge is 2.20. The first-order valence-electron chi connectivity index (χ1n) is 7.12. The number of nitrogens with zero attached hydrogens (tertiary/aromatic N) is 1. The molecule has 19 heavy (non-hydrogen) atoms. The minimum Gasteiger partial charge on any atom is -0.492 e. The molecule has 0 saturated carbocycles. The Morgan fingerprint density at radius 3 is 2.74 bits per heavy atom. The van der Waals surface area contributed by atoms with Crippen molar-refractivity contribution in [1.29, 1.82) is 0 Å². The number of rotatable bonds is 6. The van der Waals surface area contributed by atoms with Gasteiger partial charge in [-0.2, -0.15) is 0 Å². The summed E-state index contributed by atoms with van der Waals surface area (Å²) in [6, 6.07) is 6.65. The first kappa shape index (κ1) is 14.3. The van der Waals surface area contributed by atoms with Gasteiger partial charge >= 0.3 is 0 Å². The average molecular weight is 266 g/mol. The Morgan fingerprint density at radius 2 is 2.05 bits per heavy atom. The highest BCUT2D eigenvalue weighted by atomic mass is 19.1. The summed E-state index contributed by atoms with van der Waals surface area (Å²) in [5, 5.41) is 0. The van der Waals surface area contributed by atoms with Crippen molar-refractivity contribution in [2.24, 2.45) is 5.73 Å². The largest absolute Gasteiger partial charge is 0.492 e. The lowest BCUT2D eigenvalue weighted by atomic mass is 10.1. The van der Waals surface area contributed by atoms with Crippen molar-refractivity contribution in [3.05, 3.63) is 30.1 Å². The van der Waals surface area contributed by atoms with E-state index in [1.54, 1.807) is 12.1 Å². The van der Waals surface area contributed by atoms with Crippen LogP contribution in [-0.4, -0.2) is 37.2 Å². The molecule has 3 nitrogen and oxygen atoms in total. The topological polar surface area (TPSA) is 38.5 Å². The zero-order chi connectivity index (χ0) is 13.5. The van der Waals surface area contributed by atoms with Crippen LogP contribution in [0.5, 0.6) is 5.75 Å². The van der Waals surface area contributed by atoms with Crippen LogP contribution in [-0.2, 0) is 0 Å². The van der Waals surface area contributed by atoms with Gasteiger partial charge in [0.1, 0.15) is 18.2 Å². The minimum absolute atomic E-state index is 0.258. The second kappa shape index (κ2) is 7.46. The van der Waals surface area contributed by atoms with Gasteiger partial charge in [0.15, 0.2) is 0 Å². The fraction of sp³-hybridized carbons (Fsp3) is 0.600. The predicted molar refractivity (Wildman–Crippen MR) is 74.8 cm³/mol. The molecule has 1 atom stereocenters. The standard InChI is InChI=1S/C15H23FN2O/c16-13-5-4-6-15(11-13)19-12-14(7-8-17)18-9-2-1-3-10-18/h4-6,11,14H,1-3,7-10,12,17H2. The first-order valence-corrected chi connectivity index (χ1v) is 7.12. The van der Waals surface area contributed by atoms with E-state index in [0.717, 1.165) is 19.5 Å². The van der Waals surface area contributed by atoms with Crippen molar-refractivity contribution in [2.75, 3.05) is 26.2 Å². The quantitative estimate of drug-likeness (QED) is 0.859. The van der Waals surface area contributed by atoms with E-state index in [1.165, 1.54) is 31.4 Å². The summed E-state index contributed by atoms with van der Waals surface area (Å²) in [6.07, 6.45) is 4.74. The summed E-state index contributed by atoms with van der Waals surface area (Å²) in [4.78, 5) is 2.45. The first-order chi connectivity index (χ1) is 9.29. The van der Waals surface area contributed by atoms with Gasteiger partial charge in [-0.25, -0.2) is 4.39 Å². The van der Waals surface area contributed by atoms with E-state index in [2.05, 4.69) is 4.90 Å². The summed E-state index contributed by atoms with van der Waals surface area (Å²) in [7, 11) is 0. The fourth-order valence-electron chi connectivity index (χ4n) is 2.60. The van der Waals surface area contributed by atoms with Gasteiger partial charge in [0.05, 0.1) is 0 Å². The molecule has 0 amide bonds. The van der Waals surface area contributed by atoms with Crippen LogP contribution in [0.25, 0.3) is 0 Å². The van der Waals surface area contributed by atoms with E-state index < -0.39 is 0 Å². The second-order valence-corrected chi connectivity index (χ2v) is 5.10. The third-order valence-electron chi connectivity index (χ3n) is 3.65. The number of nitrogens with two attached hydrogens (primary N) is 1. The molecular formula is C15H23FN2O. The number of halogens is 1. The maximum Gasteiger partial charge on any atom is 0.126 e. The van der Waals surface area contributed by atoms with E-state index in [-0.39, 0.29) is 5.82 Å². The summed E-state index contributed by atoms with van der Waals surface area (Å²) in [5.74, 6) is 0.338. The van der Waals surface area contributed by atoms with Crippen molar-refractivity contribution in [3.63, 3.8) is 0 Å². The van der Waals surface area contributed by atoms with E-state index in [0.29, 0.717) is 24.9 Å². The molecule has 2 rings (SSSR count). The summed E-state index contributed by atoms with van der Waals surface area (Å²) < 4.78 is 18.8. The molecule has 1 aliphatic rings. The Bertz CT molecular complexity index is 380. The van der Waals surface area contributed by atoms with Crippen molar-refractivity contribution in [3.8, 4) is 5.75 Å². The Kier molecular flexibility index (Phi) is 5.61. The Balaban J connectivity index is 1.89. The van der Waals surface area contributed by atoms with Crippen molar-refractivity contribution < 1.29 is 9.13 Å². The van der Waals surface area contributed by atoms with Gasteiger partial charge in [-0.1, -0.05) is 12.5 Å². The summed E-state index contributed by atoms with van der Waals surface area (Å²) in [6.45, 7) is 3.49. The molecule has 1 aromatic carbocycles. The van der Waals surface area contributed by atoms with Crippen LogP contribution in [0.15, 0.2) is 24.3 Å². The van der Waals surface area contributed by atoms with Gasteiger partial charge in [0.2, 0.25) is 0 Å². The van der Waals surface area contributed by atoms with Gasteiger partial charge in [0.25, 0.3) is 0 Å². The number of hydrogen-bond donors (Lipinski definition) is 1. The monoisotopic (exact) mass is 266 g/mol. The summed E-state index contributed by atoms with van der Waals surface area (Å²) >= 11 is 0. The van der Waals surface area contributed by atoms with Gasteiger partial charge < -0.3 is 10.5 Å². The highest BCUT2D eigenvalue weighted by molar-refractivity contribution is 5.22. The van der Waals surface area contributed by atoms with Crippen LogP contribution in [0.1, 0.15) is 25.7 Å². The Hall–Kier alpha value is -1.13. The molecule has 0 aromatic heterocycles. The van der Waals surface area contributed by atoms with Gasteiger partial charge in [-0.05, 0) is 51.0 Å². The molecular weight excluding hydrogens is 243 g/mol. The van der Waals surface area contributed by atoms with E-state index >= 15 is 0 Å². The number of benzene rings is 1. The van der Waals surface area contributed by atoms with Crippen molar-refractivity contribution in [1.82, 2.24) is 4.90 Å². The molecule has 2 N–H and O–H groups in total. The maximum absolute atomic E-state index is 13.1. The van der Waals surface area contributed by atoms with Gasteiger partial charge in [0, 0.05) is 12.1 Å². The number of likely N-dealkylation sites (tertiary alicyclic amines) is 1. The fourth-order valence-corrected chi connectivity index (χ4v) is 2.60. The van der Waals surface area contributed by atoms with Gasteiger partial charge in [-0.3, -0.25) is 4.90 Å². The maximum atomic E-state index is 13.1. The molecule has 1 aliphatic heterocycles. The molecule has 0 bridgehead atoms. The lowest BCUT2D eigenvalue weighted by Gasteiger charge is -2.34. The van der Waals surface area contributed by atoms with Crippen LogP contribution in [0.2, 0.25) is 0 Å². The van der Waals surface area contributed by atoms with Crippen LogP contribution in [0, 0.1) is 5.82 Å².